The van der Waals surface area contributed by atoms with E-state index in [1.54, 1.807) is 19.1 Å². The molecule has 0 unspecified atom stereocenters. The fraction of sp³-hybridized carbons (Fsp3) is 0.364. The van der Waals surface area contributed by atoms with Gasteiger partial charge in [0, 0.05) is 11.1 Å². The molecule has 2 N–H and O–H groups in total. The number of carbonyl (C=O) groups is 1. The third-order valence-electron chi connectivity index (χ3n) is 1.99. The van der Waals surface area contributed by atoms with Gasteiger partial charge in [-0.25, -0.2) is 0 Å². The quantitative estimate of drug-likeness (QED) is 0.803. The van der Waals surface area contributed by atoms with E-state index < -0.39 is 0 Å². The Labute approximate surface area is 94.2 Å². The minimum Gasteiger partial charge on any atom is -0.466 e. The Bertz CT molecular complexity index is 324. The Balaban J connectivity index is 2.57. The maximum atomic E-state index is 11.2. The van der Waals surface area contributed by atoms with Crippen LogP contribution < -0.4 is 5.73 Å². The van der Waals surface area contributed by atoms with Gasteiger partial charge in [0.2, 0.25) is 0 Å². The second-order valence-electron chi connectivity index (χ2n) is 3.17. The number of rotatable bonds is 4. The molecule has 3 nitrogen and oxygen atoms in total. The zero-order valence-electron chi connectivity index (χ0n) is 8.57. The van der Waals surface area contributed by atoms with Crippen LogP contribution in [0, 0.1) is 0 Å². The fourth-order valence-electron chi connectivity index (χ4n) is 1.23. The van der Waals surface area contributed by atoms with Crippen LogP contribution in [0.2, 0.25) is 5.02 Å². The van der Waals surface area contributed by atoms with Crippen LogP contribution in [0.25, 0.3) is 0 Å². The van der Waals surface area contributed by atoms with E-state index >= 15 is 0 Å². The molecule has 0 aromatic heterocycles. The molecule has 0 bridgehead atoms. The Morgan fingerprint density at radius 2 is 2.07 bits per heavy atom. The highest BCUT2D eigenvalue weighted by Gasteiger charge is 2.11. The van der Waals surface area contributed by atoms with Gasteiger partial charge in [0.25, 0.3) is 0 Å². The first-order chi connectivity index (χ1) is 7.13. The van der Waals surface area contributed by atoms with Crippen LogP contribution in [0.5, 0.6) is 0 Å². The Morgan fingerprint density at radius 1 is 1.47 bits per heavy atom. The van der Waals surface area contributed by atoms with Crippen LogP contribution in [0.15, 0.2) is 24.3 Å². The summed E-state index contributed by atoms with van der Waals surface area (Å²) in [5.41, 5.74) is 6.71. The van der Waals surface area contributed by atoms with Crippen LogP contribution in [0.4, 0.5) is 0 Å². The van der Waals surface area contributed by atoms with E-state index in [2.05, 4.69) is 0 Å². The molecule has 0 amide bonds. The second kappa shape index (κ2) is 5.73. The van der Waals surface area contributed by atoms with Crippen molar-refractivity contribution in [3.05, 3.63) is 34.9 Å². The smallest absolute Gasteiger partial charge is 0.307 e. The number of hydrogen-bond donors (Lipinski definition) is 1. The monoisotopic (exact) mass is 227 g/mol. The highest BCUT2D eigenvalue weighted by molar-refractivity contribution is 6.30. The van der Waals surface area contributed by atoms with E-state index in [1.165, 1.54) is 0 Å². The van der Waals surface area contributed by atoms with Gasteiger partial charge in [0.15, 0.2) is 0 Å². The highest BCUT2D eigenvalue weighted by Crippen LogP contribution is 2.17. The van der Waals surface area contributed by atoms with E-state index in [-0.39, 0.29) is 18.4 Å². The number of ether oxygens (including phenoxy) is 1. The van der Waals surface area contributed by atoms with Crippen molar-refractivity contribution in [2.45, 2.75) is 19.4 Å². The molecule has 1 aromatic carbocycles. The largest absolute Gasteiger partial charge is 0.466 e. The minimum absolute atomic E-state index is 0.190. The molecule has 1 aromatic rings. The molecule has 1 rings (SSSR count). The molecule has 0 radical (unpaired) electrons. The number of benzene rings is 1. The van der Waals surface area contributed by atoms with Gasteiger partial charge in [-0.05, 0) is 24.6 Å². The third-order valence-corrected chi connectivity index (χ3v) is 2.24. The van der Waals surface area contributed by atoms with Gasteiger partial charge in [0.1, 0.15) is 0 Å². The Morgan fingerprint density at radius 3 is 2.60 bits per heavy atom. The number of hydrogen-bond acceptors (Lipinski definition) is 3. The topological polar surface area (TPSA) is 52.3 Å². The van der Waals surface area contributed by atoms with Crippen molar-refractivity contribution in [3.63, 3.8) is 0 Å². The van der Waals surface area contributed by atoms with E-state index in [1.807, 2.05) is 12.1 Å². The summed E-state index contributed by atoms with van der Waals surface area (Å²) >= 11 is 5.74. The van der Waals surface area contributed by atoms with E-state index in [0.29, 0.717) is 11.6 Å². The lowest BCUT2D eigenvalue weighted by atomic mass is 10.1. The number of halogens is 1. The van der Waals surface area contributed by atoms with E-state index in [0.717, 1.165) is 5.56 Å². The number of carbonyl (C=O) groups excluding carboxylic acids is 1. The highest BCUT2D eigenvalue weighted by atomic mass is 35.5. The maximum Gasteiger partial charge on any atom is 0.307 e. The predicted molar refractivity (Wildman–Crippen MR) is 59.6 cm³/mol. The lowest BCUT2D eigenvalue weighted by Gasteiger charge is -2.10. The molecule has 1 atom stereocenters. The van der Waals surface area contributed by atoms with Crippen molar-refractivity contribution >= 4 is 17.6 Å². The summed E-state index contributed by atoms with van der Waals surface area (Å²) in [6.07, 6.45) is 0.190. The fourth-order valence-corrected chi connectivity index (χ4v) is 1.35. The van der Waals surface area contributed by atoms with E-state index in [9.17, 15) is 4.79 Å². The maximum absolute atomic E-state index is 11.2. The Kier molecular flexibility index (Phi) is 4.59. The second-order valence-corrected chi connectivity index (χ2v) is 3.60. The normalized spacial score (nSPS) is 12.2. The summed E-state index contributed by atoms with van der Waals surface area (Å²) in [5, 5.41) is 0.655. The van der Waals surface area contributed by atoms with Crippen molar-refractivity contribution < 1.29 is 9.53 Å². The van der Waals surface area contributed by atoms with Gasteiger partial charge >= 0.3 is 5.97 Å². The van der Waals surface area contributed by atoms with E-state index in [4.69, 9.17) is 22.1 Å². The summed E-state index contributed by atoms with van der Waals surface area (Å²) in [5.74, 6) is -0.278. The van der Waals surface area contributed by atoms with Gasteiger partial charge in [-0.2, -0.15) is 0 Å². The predicted octanol–water partition coefficient (Wildman–Crippen LogP) is 2.29. The lowest BCUT2D eigenvalue weighted by molar-refractivity contribution is -0.143. The first-order valence-corrected chi connectivity index (χ1v) is 5.18. The van der Waals surface area contributed by atoms with Gasteiger partial charge in [0.05, 0.1) is 13.0 Å². The van der Waals surface area contributed by atoms with Crippen molar-refractivity contribution in [1.29, 1.82) is 0 Å². The van der Waals surface area contributed by atoms with Gasteiger partial charge < -0.3 is 10.5 Å². The zero-order chi connectivity index (χ0) is 11.3. The Hall–Kier alpha value is -1.06. The van der Waals surface area contributed by atoms with Crippen molar-refractivity contribution in [2.24, 2.45) is 5.73 Å². The molecule has 4 heteroatoms. The van der Waals surface area contributed by atoms with Crippen molar-refractivity contribution in [2.75, 3.05) is 6.61 Å². The first-order valence-electron chi connectivity index (χ1n) is 4.80. The van der Waals surface area contributed by atoms with Crippen molar-refractivity contribution in [1.82, 2.24) is 0 Å². The van der Waals surface area contributed by atoms with Crippen LogP contribution >= 0.6 is 11.6 Å². The van der Waals surface area contributed by atoms with Crippen LogP contribution in [0.1, 0.15) is 24.9 Å². The number of nitrogens with two attached hydrogens (primary N) is 1. The molecule has 0 saturated carbocycles. The summed E-state index contributed by atoms with van der Waals surface area (Å²) in [7, 11) is 0. The molecular formula is C11H14ClNO2. The first kappa shape index (κ1) is 12.0. The molecule has 82 valence electrons. The lowest BCUT2D eigenvalue weighted by Crippen LogP contribution is -2.17. The summed E-state index contributed by atoms with van der Waals surface area (Å²) in [6, 6.07) is 6.80. The molecule has 0 aliphatic heterocycles. The molecule has 0 spiro atoms. The average molecular weight is 228 g/mol. The third kappa shape index (κ3) is 3.90. The molecule has 0 aliphatic rings. The molecule has 15 heavy (non-hydrogen) atoms. The SMILES string of the molecule is CCOC(=O)C[C@@H](N)c1ccc(Cl)cc1. The van der Waals surface area contributed by atoms with Crippen LogP contribution in [-0.2, 0) is 9.53 Å². The molecule has 0 heterocycles. The molecule has 0 saturated heterocycles. The summed E-state index contributed by atoms with van der Waals surface area (Å²) in [4.78, 5) is 11.2. The molecular weight excluding hydrogens is 214 g/mol. The standard InChI is InChI=1S/C11H14ClNO2/c1-2-15-11(14)7-10(13)8-3-5-9(12)6-4-8/h3-6,10H,2,7,13H2,1H3/t10-/m1/s1. The van der Waals surface area contributed by atoms with Crippen LogP contribution in [-0.4, -0.2) is 12.6 Å². The number of esters is 1. The average Bonchev–Trinajstić information content (AvgIpc) is 2.18. The summed E-state index contributed by atoms with van der Waals surface area (Å²) < 4.78 is 4.81. The van der Waals surface area contributed by atoms with Crippen LogP contribution in [0.3, 0.4) is 0 Å². The van der Waals surface area contributed by atoms with Gasteiger partial charge in [-0.3, -0.25) is 4.79 Å². The van der Waals surface area contributed by atoms with Crippen molar-refractivity contribution in [3.8, 4) is 0 Å². The summed E-state index contributed by atoms with van der Waals surface area (Å²) in [6.45, 7) is 2.15. The zero-order valence-corrected chi connectivity index (χ0v) is 9.33. The van der Waals surface area contributed by atoms with Gasteiger partial charge in [-0.1, -0.05) is 23.7 Å². The van der Waals surface area contributed by atoms with Gasteiger partial charge in [-0.15, -0.1) is 0 Å². The minimum atomic E-state index is -0.332. The molecule has 0 aliphatic carbocycles. The molecule has 0 fully saturated rings.